The highest BCUT2D eigenvalue weighted by Gasteiger charge is 2.10. The van der Waals surface area contributed by atoms with Crippen molar-refractivity contribution in [1.29, 1.82) is 0 Å². The van der Waals surface area contributed by atoms with E-state index in [1.807, 2.05) is 30.3 Å². The summed E-state index contributed by atoms with van der Waals surface area (Å²) in [4.78, 5) is 20.7. The van der Waals surface area contributed by atoms with Gasteiger partial charge in [-0.05, 0) is 36.4 Å². The predicted octanol–water partition coefficient (Wildman–Crippen LogP) is 4.90. The predicted molar refractivity (Wildman–Crippen MR) is 104 cm³/mol. The van der Waals surface area contributed by atoms with Crippen LogP contribution in [0.25, 0.3) is 10.9 Å². The number of fused-ring (bicyclic) bond motifs is 1. The molecule has 7 heteroatoms. The minimum absolute atomic E-state index is 0.145. The molecule has 2 N–H and O–H groups in total. The molecule has 0 bridgehead atoms. The number of carbonyl (C=O) groups excluding carboxylic acids is 1. The molecule has 1 amide bonds. The zero-order valence-electron chi connectivity index (χ0n) is 14.5. The van der Waals surface area contributed by atoms with Crippen molar-refractivity contribution in [2.75, 3.05) is 10.6 Å². The normalized spacial score (nSPS) is 10.6. The first-order chi connectivity index (χ1) is 13.6. The lowest BCUT2D eigenvalue weighted by atomic mass is 10.2. The fourth-order valence-corrected chi connectivity index (χ4v) is 2.73. The first kappa shape index (κ1) is 17.5. The van der Waals surface area contributed by atoms with Crippen LogP contribution < -0.4 is 10.6 Å². The molecule has 0 aliphatic rings. The summed E-state index contributed by atoms with van der Waals surface area (Å²) in [6.07, 6.45) is 3.24. The lowest BCUT2D eigenvalue weighted by molar-refractivity contribution is 0.102. The smallest absolute Gasteiger partial charge is 0.274 e. The van der Waals surface area contributed by atoms with Crippen molar-refractivity contribution in [2.24, 2.45) is 0 Å². The van der Waals surface area contributed by atoms with Gasteiger partial charge >= 0.3 is 0 Å². The molecule has 4 rings (SSSR count). The largest absolute Gasteiger partial charge is 0.352 e. The van der Waals surface area contributed by atoms with Gasteiger partial charge in [-0.25, -0.2) is 13.8 Å². The molecule has 0 aliphatic heterocycles. The van der Waals surface area contributed by atoms with Crippen molar-refractivity contribution in [2.45, 2.75) is 0 Å². The van der Waals surface area contributed by atoms with Crippen LogP contribution in [-0.4, -0.2) is 15.9 Å². The maximum atomic E-state index is 13.2. The SMILES string of the molecule is O=C(Nc1ccc(F)c(F)c1)c1ccc(Nc2cccc3cccnc23)cn1. The van der Waals surface area contributed by atoms with E-state index in [2.05, 4.69) is 20.6 Å². The molecule has 0 aliphatic carbocycles. The van der Waals surface area contributed by atoms with E-state index in [0.29, 0.717) is 5.69 Å². The van der Waals surface area contributed by atoms with Crippen molar-refractivity contribution < 1.29 is 13.6 Å². The number of aromatic nitrogens is 2. The summed E-state index contributed by atoms with van der Waals surface area (Å²) in [6.45, 7) is 0. The Morgan fingerprint density at radius 3 is 2.46 bits per heavy atom. The first-order valence-corrected chi connectivity index (χ1v) is 8.43. The highest BCUT2D eigenvalue weighted by molar-refractivity contribution is 6.03. The van der Waals surface area contributed by atoms with Gasteiger partial charge in [0.1, 0.15) is 5.69 Å². The summed E-state index contributed by atoms with van der Waals surface area (Å²) in [5, 5.41) is 6.71. The highest BCUT2D eigenvalue weighted by atomic mass is 19.2. The van der Waals surface area contributed by atoms with Crippen molar-refractivity contribution in [1.82, 2.24) is 9.97 Å². The minimum Gasteiger partial charge on any atom is -0.352 e. The van der Waals surface area contributed by atoms with Crippen molar-refractivity contribution in [3.05, 3.63) is 90.4 Å². The molecule has 0 radical (unpaired) electrons. The van der Waals surface area contributed by atoms with Gasteiger partial charge in [0, 0.05) is 23.3 Å². The second-order valence-electron chi connectivity index (χ2n) is 6.02. The van der Waals surface area contributed by atoms with Gasteiger partial charge in [0.15, 0.2) is 11.6 Å². The molecule has 0 saturated carbocycles. The average molecular weight is 376 g/mol. The number of rotatable bonds is 4. The summed E-state index contributed by atoms with van der Waals surface area (Å²) >= 11 is 0. The Morgan fingerprint density at radius 1 is 0.857 bits per heavy atom. The third-order valence-corrected chi connectivity index (χ3v) is 4.09. The molecular formula is C21H14F2N4O. The molecule has 28 heavy (non-hydrogen) atoms. The van der Waals surface area contributed by atoms with Gasteiger partial charge in [-0.1, -0.05) is 18.2 Å². The Kier molecular flexibility index (Phi) is 4.63. The molecule has 0 saturated heterocycles. The van der Waals surface area contributed by atoms with E-state index >= 15 is 0 Å². The minimum atomic E-state index is -1.03. The number of anilines is 3. The monoisotopic (exact) mass is 376 g/mol. The van der Waals surface area contributed by atoms with E-state index in [4.69, 9.17) is 0 Å². The summed E-state index contributed by atoms with van der Waals surface area (Å²) in [6, 6.07) is 16.0. The van der Waals surface area contributed by atoms with E-state index in [1.54, 1.807) is 12.3 Å². The molecule has 2 heterocycles. The van der Waals surface area contributed by atoms with Gasteiger partial charge in [-0.3, -0.25) is 9.78 Å². The molecule has 2 aromatic carbocycles. The number of nitrogens with one attached hydrogen (secondary N) is 2. The van der Waals surface area contributed by atoms with Gasteiger partial charge in [0.2, 0.25) is 0 Å². The average Bonchev–Trinajstić information content (AvgIpc) is 2.71. The number of pyridine rings is 2. The highest BCUT2D eigenvalue weighted by Crippen LogP contribution is 2.24. The second kappa shape index (κ2) is 7.40. The number of halogens is 2. The Hall–Kier alpha value is -3.87. The quantitative estimate of drug-likeness (QED) is 0.531. The lowest BCUT2D eigenvalue weighted by Gasteiger charge is -2.09. The number of amides is 1. The standard InChI is InChI=1S/C21H14F2N4O/c22-16-8-6-14(11-17(16)23)27-21(28)19-9-7-15(12-25-19)26-18-5-1-3-13-4-2-10-24-20(13)18/h1-12,26H,(H,27,28). The number of para-hydroxylation sites is 1. The van der Waals surface area contributed by atoms with E-state index < -0.39 is 17.5 Å². The zero-order chi connectivity index (χ0) is 19.5. The maximum Gasteiger partial charge on any atom is 0.274 e. The van der Waals surface area contributed by atoms with Crippen molar-refractivity contribution in [3.63, 3.8) is 0 Å². The number of nitrogens with zero attached hydrogens (tertiary/aromatic N) is 2. The summed E-state index contributed by atoms with van der Waals surface area (Å²) < 4.78 is 26.2. The van der Waals surface area contributed by atoms with Gasteiger partial charge in [-0.2, -0.15) is 0 Å². The van der Waals surface area contributed by atoms with Crippen molar-refractivity contribution in [3.8, 4) is 0 Å². The van der Waals surface area contributed by atoms with Crippen LogP contribution in [0.15, 0.2) is 73.1 Å². The van der Waals surface area contributed by atoms with E-state index in [-0.39, 0.29) is 11.4 Å². The van der Waals surface area contributed by atoms with Crippen LogP contribution in [0.4, 0.5) is 25.8 Å². The van der Waals surface area contributed by atoms with Crippen LogP contribution in [0.3, 0.4) is 0 Å². The molecule has 0 fully saturated rings. The fourth-order valence-electron chi connectivity index (χ4n) is 2.73. The Bertz CT molecular complexity index is 1160. The molecule has 2 aromatic heterocycles. The molecule has 138 valence electrons. The summed E-state index contributed by atoms with van der Waals surface area (Å²) in [5.74, 6) is -2.53. The summed E-state index contributed by atoms with van der Waals surface area (Å²) in [5.41, 5.74) is 2.62. The number of carbonyl (C=O) groups is 1. The van der Waals surface area contributed by atoms with Crippen LogP contribution >= 0.6 is 0 Å². The number of hydrogen-bond acceptors (Lipinski definition) is 4. The third-order valence-electron chi connectivity index (χ3n) is 4.09. The fraction of sp³-hybridized carbons (Fsp3) is 0. The number of benzene rings is 2. The lowest BCUT2D eigenvalue weighted by Crippen LogP contribution is -2.13. The Morgan fingerprint density at radius 2 is 1.68 bits per heavy atom. The van der Waals surface area contributed by atoms with Gasteiger partial charge in [0.05, 0.1) is 23.1 Å². The van der Waals surface area contributed by atoms with Gasteiger partial charge < -0.3 is 10.6 Å². The van der Waals surface area contributed by atoms with Crippen LogP contribution in [-0.2, 0) is 0 Å². The molecule has 4 aromatic rings. The molecule has 0 unspecified atom stereocenters. The van der Waals surface area contributed by atoms with Crippen LogP contribution in [0.2, 0.25) is 0 Å². The van der Waals surface area contributed by atoms with Gasteiger partial charge in [0.25, 0.3) is 5.91 Å². The Balaban J connectivity index is 1.50. The van der Waals surface area contributed by atoms with E-state index in [1.165, 1.54) is 18.3 Å². The van der Waals surface area contributed by atoms with Gasteiger partial charge in [-0.15, -0.1) is 0 Å². The second-order valence-corrected chi connectivity index (χ2v) is 6.02. The zero-order valence-corrected chi connectivity index (χ0v) is 14.5. The number of hydrogen-bond donors (Lipinski definition) is 2. The van der Waals surface area contributed by atoms with Crippen molar-refractivity contribution >= 4 is 33.9 Å². The Labute approximate surface area is 159 Å². The van der Waals surface area contributed by atoms with Crippen LogP contribution in [0.1, 0.15) is 10.5 Å². The summed E-state index contributed by atoms with van der Waals surface area (Å²) in [7, 11) is 0. The molecule has 5 nitrogen and oxygen atoms in total. The van der Waals surface area contributed by atoms with Crippen LogP contribution in [0, 0.1) is 11.6 Å². The first-order valence-electron chi connectivity index (χ1n) is 8.43. The maximum absolute atomic E-state index is 13.2. The van der Waals surface area contributed by atoms with Crippen LogP contribution in [0.5, 0.6) is 0 Å². The molecule has 0 atom stereocenters. The van der Waals surface area contributed by atoms with E-state index in [9.17, 15) is 13.6 Å². The molecule has 0 spiro atoms. The molecular weight excluding hydrogens is 362 g/mol. The van der Waals surface area contributed by atoms with E-state index in [0.717, 1.165) is 28.7 Å². The topological polar surface area (TPSA) is 66.9 Å². The third kappa shape index (κ3) is 3.64.